The fourth-order valence-corrected chi connectivity index (χ4v) is 1.80. The van der Waals surface area contributed by atoms with Crippen LogP contribution in [-0.4, -0.2) is 28.2 Å². The molecule has 0 bridgehead atoms. The molecule has 1 aromatic heterocycles. The number of hydrogen-bond acceptors (Lipinski definition) is 4. The number of aromatic nitrogens is 3. The number of aryl methyl sites for hydroxylation is 1. The van der Waals surface area contributed by atoms with E-state index in [4.69, 9.17) is 4.74 Å². The van der Waals surface area contributed by atoms with Gasteiger partial charge in [0.2, 0.25) is 5.82 Å². The van der Waals surface area contributed by atoms with Crippen molar-refractivity contribution in [2.24, 2.45) is 0 Å². The Bertz CT molecular complexity index is 656. The lowest BCUT2D eigenvalue weighted by Crippen LogP contribution is -2.16. The summed E-state index contributed by atoms with van der Waals surface area (Å²) in [6, 6.07) is 5.57. The molecule has 112 valence electrons. The number of hydrogen-bond donors (Lipinski definition) is 2. The van der Waals surface area contributed by atoms with Crippen molar-refractivity contribution in [3.63, 3.8) is 0 Å². The fourth-order valence-electron chi connectivity index (χ4n) is 1.80. The summed E-state index contributed by atoms with van der Waals surface area (Å²) in [4.78, 5) is 16.5. The number of nitrogens with one attached hydrogen (secondary N) is 2. The molecule has 0 radical (unpaired) electrons. The molecule has 0 aliphatic carbocycles. The fraction of sp³-hybridized carbons (Fsp3) is 0.400. The van der Waals surface area contributed by atoms with E-state index in [9.17, 15) is 4.79 Å². The molecule has 0 saturated carbocycles. The minimum absolute atomic E-state index is 0.114. The summed E-state index contributed by atoms with van der Waals surface area (Å²) < 4.78 is 5.23. The number of nitrogens with zero attached hydrogens (tertiary/aromatic N) is 2. The number of carbonyl (C=O) groups is 1. The summed E-state index contributed by atoms with van der Waals surface area (Å²) in [6.07, 6.45) is 0. The number of aromatic amines is 1. The Balaban J connectivity index is 2.22. The van der Waals surface area contributed by atoms with Crippen LogP contribution < -0.4 is 10.1 Å². The highest BCUT2D eigenvalue weighted by Crippen LogP contribution is 2.25. The van der Waals surface area contributed by atoms with Crippen LogP contribution in [0.15, 0.2) is 18.2 Å². The number of benzene rings is 1. The van der Waals surface area contributed by atoms with Crippen LogP contribution in [0.1, 0.15) is 42.8 Å². The van der Waals surface area contributed by atoms with E-state index in [0.717, 1.165) is 5.56 Å². The molecule has 0 aliphatic rings. The van der Waals surface area contributed by atoms with Gasteiger partial charge in [0.15, 0.2) is 0 Å². The van der Waals surface area contributed by atoms with E-state index in [1.165, 1.54) is 0 Å². The van der Waals surface area contributed by atoms with Crippen LogP contribution in [0.5, 0.6) is 5.75 Å². The lowest BCUT2D eigenvalue weighted by atomic mass is 9.96. The predicted molar refractivity (Wildman–Crippen MR) is 80.8 cm³/mol. The van der Waals surface area contributed by atoms with Gasteiger partial charge in [-0.15, -0.1) is 5.10 Å². The number of carbonyl (C=O) groups excluding carboxylic acids is 1. The van der Waals surface area contributed by atoms with Gasteiger partial charge >= 0.3 is 0 Å². The van der Waals surface area contributed by atoms with Crippen LogP contribution in [-0.2, 0) is 5.41 Å². The van der Waals surface area contributed by atoms with E-state index >= 15 is 0 Å². The molecule has 0 saturated heterocycles. The van der Waals surface area contributed by atoms with Gasteiger partial charge in [-0.2, -0.15) is 0 Å². The van der Waals surface area contributed by atoms with Gasteiger partial charge < -0.3 is 10.1 Å². The topological polar surface area (TPSA) is 79.9 Å². The first kappa shape index (κ1) is 15.0. The van der Waals surface area contributed by atoms with E-state index in [-0.39, 0.29) is 17.1 Å². The minimum Gasteiger partial charge on any atom is -0.495 e. The SMILES string of the molecule is COc1ccc(C)cc1NC(=O)c1n[nH]c(C(C)(C)C)n1. The summed E-state index contributed by atoms with van der Waals surface area (Å²) in [5.41, 5.74) is 1.44. The lowest BCUT2D eigenvalue weighted by Gasteiger charge is -2.13. The highest BCUT2D eigenvalue weighted by Gasteiger charge is 2.21. The Labute approximate surface area is 123 Å². The summed E-state index contributed by atoms with van der Waals surface area (Å²) in [6.45, 7) is 7.94. The number of methoxy groups -OCH3 is 1. The van der Waals surface area contributed by atoms with Crippen LogP contribution in [0.4, 0.5) is 5.69 Å². The van der Waals surface area contributed by atoms with Crippen LogP contribution in [0.3, 0.4) is 0 Å². The van der Waals surface area contributed by atoms with E-state index < -0.39 is 0 Å². The molecule has 6 heteroatoms. The Morgan fingerprint density at radius 1 is 1.33 bits per heavy atom. The van der Waals surface area contributed by atoms with Crippen molar-refractivity contribution in [1.82, 2.24) is 15.2 Å². The third-order valence-corrected chi connectivity index (χ3v) is 3.00. The second-order valence-corrected chi connectivity index (χ2v) is 5.92. The number of anilines is 1. The van der Waals surface area contributed by atoms with Crippen molar-refractivity contribution in [1.29, 1.82) is 0 Å². The molecule has 2 N–H and O–H groups in total. The maximum atomic E-state index is 12.2. The maximum absolute atomic E-state index is 12.2. The monoisotopic (exact) mass is 288 g/mol. The smallest absolute Gasteiger partial charge is 0.295 e. The first-order valence-electron chi connectivity index (χ1n) is 6.70. The molecule has 2 aromatic rings. The van der Waals surface area contributed by atoms with Gasteiger partial charge in [0.05, 0.1) is 12.8 Å². The normalized spacial score (nSPS) is 11.3. The van der Waals surface area contributed by atoms with Crippen molar-refractivity contribution in [3.8, 4) is 5.75 Å². The summed E-state index contributed by atoms with van der Waals surface area (Å²) in [7, 11) is 1.56. The minimum atomic E-state index is -0.370. The predicted octanol–water partition coefficient (Wildman–Crippen LogP) is 2.67. The zero-order chi connectivity index (χ0) is 15.6. The van der Waals surface area contributed by atoms with E-state index in [2.05, 4.69) is 20.5 Å². The molecule has 1 amide bonds. The number of amides is 1. The molecule has 0 unspecified atom stereocenters. The lowest BCUT2D eigenvalue weighted by molar-refractivity contribution is 0.101. The molecule has 0 atom stereocenters. The summed E-state index contributed by atoms with van der Waals surface area (Å²) >= 11 is 0. The van der Waals surface area contributed by atoms with Crippen LogP contribution >= 0.6 is 0 Å². The van der Waals surface area contributed by atoms with Crippen LogP contribution in [0, 0.1) is 6.92 Å². The second-order valence-electron chi connectivity index (χ2n) is 5.92. The molecule has 0 spiro atoms. The first-order chi connectivity index (χ1) is 9.81. The molecule has 1 aromatic carbocycles. The van der Waals surface area contributed by atoms with Gasteiger partial charge in [-0.1, -0.05) is 26.8 Å². The van der Waals surface area contributed by atoms with Crippen molar-refractivity contribution in [2.75, 3.05) is 12.4 Å². The average Bonchev–Trinajstić information content (AvgIpc) is 2.88. The third-order valence-electron chi connectivity index (χ3n) is 3.00. The molecular weight excluding hydrogens is 268 g/mol. The third kappa shape index (κ3) is 3.39. The van der Waals surface area contributed by atoms with Crippen molar-refractivity contribution in [3.05, 3.63) is 35.4 Å². The quantitative estimate of drug-likeness (QED) is 0.910. The standard InChI is InChI=1S/C15H20N4O2/c1-9-6-7-11(21-5)10(8-9)16-13(20)12-17-14(19-18-12)15(2,3)4/h6-8H,1-5H3,(H,16,20)(H,17,18,19). The van der Waals surface area contributed by atoms with Gasteiger partial charge in [-0.3, -0.25) is 9.89 Å². The number of H-pyrrole nitrogens is 1. The molecule has 6 nitrogen and oxygen atoms in total. The Morgan fingerprint density at radius 2 is 2.05 bits per heavy atom. The highest BCUT2D eigenvalue weighted by molar-refractivity contribution is 6.02. The van der Waals surface area contributed by atoms with Gasteiger partial charge in [0.1, 0.15) is 11.6 Å². The maximum Gasteiger partial charge on any atom is 0.295 e. The van der Waals surface area contributed by atoms with Crippen LogP contribution in [0.25, 0.3) is 0 Å². The molecule has 2 rings (SSSR count). The second kappa shape index (κ2) is 5.55. The molecule has 21 heavy (non-hydrogen) atoms. The van der Waals surface area contributed by atoms with Gasteiger partial charge in [-0.25, -0.2) is 4.98 Å². The van der Waals surface area contributed by atoms with E-state index in [1.807, 2.05) is 45.9 Å². The molecular formula is C15H20N4O2. The van der Waals surface area contributed by atoms with Crippen LogP contribution in [0.2, 0.25) is 0 Å². The van der Waals surface area contributed by atoms with Gasteiger partial charge in [0, 0.05) is 5.41 Å². The molecule has 0 fully saturated rings. The average molecular weight is 288 g/mol. The highest BCUT2D eigenvalue weighted by atomic mass is 16.5. The van der Waals surface area contributed by atoms with E-state index in [0.29, 0.717) is 17.3 Å². The van der Waals surface area contributed by atoms with Crippen molar-refractivity contribution < 1.29 is 9.53 Å². The van der Waals surface area contributed by atoms with Crippen molar-refractivity contribution in [2.45, 2.75) is 33.1 Å². The molecule has 0 aliphatic heterocycles. The zero-order valence-electron chi connectivity index (χ0n) is 12.9. The number of ether oxygens (including phenoxy) is 1. The number of rotatable bonds is 3. The molecule has 1 heterocycles. The Hall–Kier alpha value is -2.37. The Kier molecular flexibility index (Phi) is 3.97. The van der Waals surface area contributed by atoms with Crippen molar-refractivity contribution >= 4 is 11.6 Å². The Morgan fingerprint density at radius 3 is 2.62 bits per heavy atom. The largest absolute Gasteiger partial charge is 0.495 e. The summed E-state index contributed by atoms with van der Waals surface area (Å²) in [5.74, 6) is 1.01. The zero-order valence-corrected chi connectivity index (χ0v) is 12.9. The van der Waals surface area contributed by atoms with E-state index in [1.54, 1.807) is 7.11 Å². The van der Waals surface area contributed by atoms with Gasteiger partial charge in [0.25, 0.3) is 5.91 Å². The first-order valence-corrected chi connectivity index (χ1v) is 6.70. The summed E-state index contributed by atoms with van der Waals surface area (Å²) in [5, 5.41) is 9.54. The van der Waals surface area contributed by atoms with Gasteiger partial charge in [-0.05, 0) is 24.6 Å².